The minimum absolute atomic E-state index is 0.211. The van der Waals surface area contributed by atoms with E-state index < -0.39 is 12.0 Å². The normalized spacial score (nSPS) is 17.2. The predicted molar refractivity (Wildman–Crippen MR) is 88.9 cm³/mol. The van der Waals surface area contributed by atoms with Gasteiger partial charge in [0, 0.05) is 17.8 Å². The van der Waals surface area contributed by atoms with Gasteiger partial charge in [0.25, 0.3) is 5.91 Å². The van der Waals surface area contributed by atoms with Crippen LogP contribution in [0.15, 0.2) is 30.3 Å². The largest absolute Gasteiger partial charge is 0.480 e. The Labute approximate surface area is 140 Å². The van der Waals surface area contributed by atoms with Crippen molar-refractivity contribution < 1.29 is 14.7 Å². The van der Waals surface area contributed by atoms with E-state index in [1.165, 1.54) is 4.90 Å². The summed E-state index contributed by atoms with van der Waals surface area (Å²) < 4.78 is 1.92. The Balaban J connectivity index is 1.73. The molecule has 3 rings (SSSR count). The summed E-state index contributed by atoms with van der Waals surface area (Å²) in [4.78, 5) is 25.2. The van der Waals surface area contributed by atoms with Crippen molar-refractivity contribution in [1.82, 2.24) is 14.7 Å². The Morgan fingerprint density at radius 3 is 2.54 bits per heavy atom. The number of carboxylic acid groups (broad SMARTS) is 1. The molecule has 1 amide bonds. The minimum Gasteiger partial charge on any atom is -0.480 e. The number of aromatic nitrogens is 2. The first-order valence-corrected chi connectivity index (χ1v) is 8.09. The van der Waals surface area contributed by atoms with Gasteiger partial charge in [-0.2, -0.15) is 5.10 Å². The highest BCUT2D eigenvalue weighted by molar-refractivity contribution is 5.97. The van der Waals surface area contributed by atoms with E-state index in [4.69, 9.17) is 0 Å². The molecule has 1 unspecified atom stereocenters. The molecule has 0 bridgehead atoms. The number of aliphatic carboxylic acids is 1. The Hall–Kier alpha value is -2.63. The van der Waals surface area contributed by atoms with E-state index in [1.54, 1.807) is 12.1 Å². The van der Waals surface area contributed by atoms with Gasteiger partial charge in [0.1, 0.15) is 6.04 Å². The Morgan fingerprint density at radius 1 is 1.25 bits per heavy atom. The zero-order valence-corrected chi connectivity index (χ0v) is 13.9. The number of carbonyl (C=O) groups is 2. The van der Waals surface area contributed by atoms with Crippen LogP contribution in [-0.2, 0) is 11.3 Å². The van der Waals surface area contributed by atoms with Crippen molar-refractivity contribution in [2.24, 2.45) is 0 Å². The van der Waals surface area contributed by atoms with Crippen molar-refractivity contribution in [3.05, 3.63) is 52.8 Å². The van der Waals surface area contributed by atoms with Gasteiger partial charge >= 0.3 is 5.97 Å². The summed E-state index contributed by atoms with van der Waals surface area (Å²) in [6.07, 6.45) is 1.26. The monoisotopic (exact) mass is 327 g/mol. The molecule has 1 saturated heterocycles. The molecule has 6 nitrogen and oxygen atoms in total. The second-order valence-electron chi connectivity index (χ2n) is 6.28. The number of carboxylic acids is 1. The summed E-state index contributed by atoms with van der Waals surface area (Å²) in [6.45, 7) is 5.12. The third-order valence-corrected chi connectivity index (χ3v) is 4.44. The Kier molecular flexibility index (Phi) is 4.38. The fraction of sp³-hybridized carbons (Fsp3) is 0.389. The van der Waals surface area contributed by atoms with Gasteiger partial charge in [-0.15, -0.1) is 0 Å². The SMILES string of the molecule is Cc1cc(C)n(Cc2ccc(C(=O)N3CCCC3C(=O)O)cc2)n1. The molecule has 0 spiro atoms. The number of likely N-dealkylation sites (tertiary alicyclic amines) is 1. The molecule has 0 radical (unpaired) electrons. The number of rotatable bonds is 4. The van der Waals surface area contributed by atoms with Crippen molar-refractivity contribution in [1.29, 1.82) is 0 Å². The number of aryl methyl sites for hydroxylation is 2. The van der Waals surface area contributed by atoms with Gasteiger partial charge in [-0.05, 0) is 50.5 Å². The Bertz CT molecular complexity index is 764. The molecule has 2 heterocycles. The third kappa shape index (κ3) is 3.18. The molecule has 1 aromatic heterocycles. The molecule has 6 heteroatoms. The van der Waals surface area contributed by atoms with Gasteiger partial charge in [0.05, 0.1) is 12.2 Å². The molecule has 0 aliphatic carbocycles. The maximum Gasteiger partial charge on any atom is 0.326 e. The number of hydrogen-bond acceptors (Lipinski definition) is 3. The molecule has 1 atom stereocenters. The van der Waals surface area contributed by atoms with Crippen LogP contribution in [-0.4, -0.2) is 44.3 Å². The number of carbonyl (C=O) groups excluding carboxylic acids is 1. The lowest BCUT2D eigenvalue weighted by atomic mass is 10.1. The lowest BCUT2D eigenvalue weighted by molar-refractivity contribution is -0.141. The van der Waals surface area contributed by atoms with Crippen molar-refractivity contribution in [2.75, 3.05) is 6.54 Å². The van der Waals surface area contributed by atoms with Crippen LogP contribution in [0.4, 0.5) is 0 Å². The van der Waals surface area contributed by atoms with Crippen LogP contribution in [0.3, 0.4) is 0 Å². The molecule has 1 N–H and O–H groups in total. The second kappa shape index (κ2) is 6.47. The van der Waals surface area contributed by atoms with E-state index in [-0.39, 0.29) is 5.91 Å². The fourth-order valence-corrected chi connectivity index (χ4v) is 3.19. The lowest BCUT2D eigenvalue weighted by Gasteiger charge is -2.21. The Morgan fingerprint density at radius 2 is 1.96 bits per heavy atom. The summed E-state index contributed by atoms with van der Waals surface area (Å²) in [5, 5.41) is 13.6. The van der Waals surface area contributed by atoms with Crippen molar-refractivity contribution in [3.63, 3.8) is 0 Å². The van der Waals surface area contributed by atoms with E-state index >= 15 is 0 Å². The summed E-state index contributed by atoms with van der Waals surface area (Å²) in [7, 11) is 0. The highest BCUT2D eigenvalue weighted by Crippen LogP contribution is 2.20. The first kappa shape index (κ1) is 16.2. The van der Waals surface area contributed by atoms with Gasteiger partial charge in [-0.3, -0.25) is 9.48 Å². The molecular weight excluding hydrogens is 306 g/mol. The molecule has 1 aliphatic rings. The van der Waals surface area contributed by atoms with Crippen LogP contribution in [0.25, 0.3) is 0 Å². The average Bonchev–Trinajstić information content (AvgIpc) is 3.14. The molecule has 0 saturated carbocycles. The van der Waals surface area contributed by atoms with E-state index in [0.29, 0.717) is 25.1 Å². The molecule has 1 fully saturated rings. The summed E-state index contributed by atoms with van der Waals surface area (Å²) in [5.41, 5.74) is 3.65. The van der Waals surface area contributed by atoms with E-state index in [1.807, 2.05) is 36.7 Å². The maximum absolute atomic E-state index is 12.5. The minimum atomic E-state index is -0.929. The van der Waals surface area contributed by atoms with E-state index in [9.17, 15) is 14.7 Å². The van der Waals surface area contributed by atoms with Crippen LogP contribution >= 0.6 is 0 Å². The standard InChI is InChI=1S/C18H21N3O3/c1-12-10-13(2)21(19-12)11-14-5-7-15(8-6-14)17(22)20-9-3-4-16(20)18(23)24/h5-8,10,16H,3-4,9,11H2,1-2H3,(H,23,24). The van der Waals surface area contributed by atoms with Gasteiger partial charge < -0.3 is 10.0 Å². The fourth-order valence-electron chi connectivity index (χ4n) is 3.19. The smallest absolute Gasteiger partial charge is 0.326 e. The first-order valence-electron chi connectivity index (χ1n) is 8.09. The van der Waals surface area contributed by atoms with Crippen molar-refractivity contribution in [2.45, 2.75) is 39.3 Å². The summed E-state index contributed by atoms with van der Waals surface area (Å²) >= 11 is 0. The van der Waals surface area contributed by atoms with Gasteiger partial charge in [-0.1, -0.05) is 12.1 Å². The van der Waals surface area contributed by atoms with Gasteiger partial charge in [0.2, 0.25) is 0 Å². The quantitative estimate of drug-likeness (QED) is 0.934. The summed E-state index contributed by atoms with van der Waals surface area (Å²) in [5.74, 6) is -1.14. The average molecular weight is 327 g/mol. The second-order valence-corrected chi connectivity index (χ2v) is 6.28. The predicted octanol–water partition coefficient (Wildman–Crippen LogP) is 2.24. The molecule has 126 valence electrons. The molecule has 1 aromatic carbocycles. The number of amides is 1. The summed E-state index contributed by atoms with van der Waals surface area (Å²) in [6, 6.07) is 8.65. The molecule has 2 aromatic rings. The lowest BCUT2D eigenvalue weighted by Crippen LogP contribution is -2.40. The number of benzene rings is 1. The van der Waals surface area contributed by atoms with Crippen molar-refractivity contribution in [3.8, 4) is 0 Å². The maximum atomic E-state index is 12.5. The highest BCUT2D eigenvalue weighted by Gasteiger charge is 2.34. The topological polar surface area (TPSA) is 75.4 Å². The van der Waals surface area contributed by atoms with Crippen LogP contribution in [0, 0.1) is 13.8 Å². The van der Waals surface area contributed by atoms with Crippen LogP contribution < -0.4 is 0 Å². The molecule has 24 heavy (non-hydrogen) atoms. The van der Waals surface area contributed by atoms with Crippen LogP contribution in [0.1, 0.15) is 40.2 Å². The molecular formula is C18H21N3O3. The first-order chi connectivity index (χ1) is 11.5. The van der Waals surface area contributed by atoms with E-state index in [0.717, 1.165) is 23.4 Å². The van der Waals surface area contributed by atoms with Gasteiger partial charge in [-0.25, -0.2) is 4.79 Å². The van der Waals surface area contributed by atoms with Gasteiger partial charge in [0.15, 0.2) is 0 Å². The zero-order chi connectivity index (χ0) is 17.3. The molecule has 1 aliphatic heterocycles. The number of nitrogens with zero attached hydrogens (tertiary/aromatic N) is 3. The highest BCUT2D eigenvalue weighted by atomic mass is 16.4. The van der Waals surface area contributed by atoms with E-state index in [2.05, 4.69) is 5.10 Å². The zero-order valence-electron chi connectivity index (χ0n) is 13.9. The number of hydrogen-bond donors (Lipinski definition) is 1. The van der Waals surface area contributed by atoms with Crippen molar-refractivity contribution >= 4 is 11.9 Å². The third-order valence-electron chi connectivity index (χ3n) is 4.44. The van der Waals surface area contributed by atoms with Crippen LogP contribution in [0.5, 0.6) is 0 Å². The van der Waals surface area contributed by atoms with Crippen LogP contribution in [0.2, 0.25) is 0 Å².